The average molecular weight is 362 g/mol. The van der Waals surface area contributed by atoms with Gasteiger partial charge in [0.05, 0.1) is 19.6 Å². The highest BCUT2D eigenvalue weighted by Gasteiger charge is 2.67. The normalized spacial score (nSPS) is 24.8. The number of benzene rings is 1. The van der Waals surface area contributed by atoms with Gasteiger partial charge in [-0.2, -0.15) is 0 Å². The van der Waals surface area contributed by atoms with Crippen molar-refractivity contribution in [3.05, 3.63) is 47.2 Å². The molecule has 3 rings (SSSR count). The highest BCUT2D eigenvalue weighted by atomic mass is 16.6. The quantitative estimate of drug-likeness (QED) is 0.448. The maximum Gasteiger partial charge on any atom is 0.352 e. The van der Waals surface area contributed by atoms with Crippen molar-refractivity contribution in [2.45, 2.75) is 18.4 Å². The lowest BCUT2D eigenvalue weighted by Crippen LogP contribution is -2.82. The minimum Gasteiger partial charge on any atom is -0.477 e. The van der Waals surface area contributed by atoms with E-state index in [1.165, 1.54) is 7.11 Å². The van der Waals surface area contributed by atoms with Crippen molar-refractivity contribution < 1.29 is 34.1 Å². The van der Waals surface area contributed by atoms with E-state index in [-0.39, 0.29) is 24.3 Å². The Bertz CT molecular complexity index is 777. The first-order chi connectivity index (χ1) is 12.4. The monoisotopic (exact) mass is 362 g/mol. The first-order valence-electron chi connectivity index (χ1n) is 7.86. The molecule has 1 aromatic rings. The Balaban J connectivity index is 1.81. The Morgan fingerprint density at radius 3 is 2.65 bits per heavy atom. The predicted molar refractivity (Wildman–Crippen MR) is 86.4 cm³/mol. The van der Waals surface area contributed by atoms with Crippen LogP contribution in [0.4, 0.5) is 0 Å². The molecule has 2 aliphatic heterocycles. The second-order valence-electron chi connectivity index (χ2n) is 5.90. The fourth-order valence-electron chi connectivity index (χ4n) is 3.10. The third-order valence-corrected chi connectivity index (χ3v) is 4.36. The summed E-state index contributed by atoms with van der Waals surface area (Å²) in [6.07, 6.45) is -1.10. The molecule has 0 bridgehead atoms. The molecule has 0 aromatic heterocycles. The lowest BCUT2D eigenvalue weighted by molar-refractivity contribution is -0.258. The first kappa shape index (κ1) is 18.1. The van der Waals surface area contributed by atoms with E-state index in [4.69, 9.17) is 9.47 Å². The Kier molecular flexibility index (Phi) is 4.77. The number of methoxy groups -OCH3 is 1. The third-order valence-electron chi connectivity index (χ3n) is 4.36. The summed E-state index contributed by atoms with van der Waals surface area (Å²) in [5.41, 5.74) is -1.33. The molecule has 0 saturated carbocycles. The van der Waals surface area contributed by atoms with Crippen LogP contribution in [-0.2, 0) is 30.3 Å². The number of aliphatic hydroxyl groups is 1. The zero-order valence-electron chi connectivity index (χ0n) is 14.0. The van der Waals surface area contributed by atoms with E-state index in [9.17, 15) is 24.6 Å². The molecule has 2 atom stereocenters. The number of rotatable bonds is 6. The van der Waals surface area contributed by atoms with Gasteiger partial charge in [0.1, 0.15) is 5.70 Å². The van der Waals surface area contributed by atoms with Crippen LogP contribution in [0.3, 0.4) is 0 Å². The summed E-state index contributed by atoms with van der Waals surface area (Å²) in [5.74, 6) is -2.60. The highest BCUT2D eigenvalue weighted by molar-refractivity contribution is 6.03. The number of aliphatic carboxylic acids is 1. The maximum absolute atomic E-state index is 12.6. The highest BCUT2D eigenvalue weighted by Crippen LogP contribution is 2.40. The summed E-state index contributed by atoms with van der Waals surface area (Å²) in [6.45, 7) is -0.745. The molecular weight excluding hydrogens is 344 g/mol. The van der Waals surface area contributed by atoms with E-state index in [1.807, 2.05) is 6.07 Å². The van der Waals surface area contributed by atoms with Crippen LogP contribution in [0, 0.1) is 0 Å². The summed E-state index contributed by atoms with van der Waals surface area (Å²) in [4.78, 5) is 37.3. The van der Waals surface area contributed by atoms with E-state index in [2.05, 4.69) is 5.32 Å². The number of β-lactam (4-membered cyclic amide) rings is 1. The zero-order chi connectivity index (χ0) is 18.9. The molecule has 0 unspecified atom stereocenters. The smallest absolute Gasteiger partial charge is 0.352 e. The molecule has 2 aliphatic rings. The Hall–Kier alpha value is -2.75. The molecule has 1 aromatic carbocycles. The van der Waals surface area contributed by atoms with Crippen molar-refractivity contribution in [1.82, 2.24) is 10.2 Å². The molecule has 2 amide bonds. The van der Waals surface area contributed by atoms with Crippen LogP contribution >= 0.6 is 0 Å². The molecule has 26 heavy (non-hydrogen) atoms. The minimum atomic E-state index is -1.80. The summed E-state index contributed by atoms with van der Waals surface area (Å²) in [6, 6.07) is 8.93. The number of aliphatic hydroxyl groups excluding tert-OH is 1. The molecule has 3 N–H and O–H groups in total. The largest absolute Gasteiger partial charge is 0.477 e. The van der Waals surface area contributed by atoms with Crippen LogP contribution in [-0.4, -0.2) is 65.2 Å². The van der Waals surface area contributed by atoms with Crippen LogP contribution in [0.5, 0.6) is 0 Å². The van der Waals surface area contributed by atoms with E-state index in [0.29, 0.717) is 0 Å². The summed E-state index contributed by atoms with van der Waals surface area (Å²) >= 11 is 0. The zero-order valence-corrected chi connectivity index (χ0v) is 14.0. The Morgan fingerprint density at radius 2 is 2.08 bits per heavy atom. The van der Waals surface area contributed by atoms with Gasteiger partial charge in [0.25, 0.3) is 11.6 Å². The van der Waals surface area contributed by atoms with Gasteiger partial charge >= 0.3 is 5.97 Å². The van der Waals surface area contributed by atoms with Crippen LogP contribution in [0.25, 0.3) is 0 Å². The van der Waals surface area contributed by atoms with Gasteiger partial charge in [0.2, 0.25) is 5.91 Å². The van der Waals surface area contributed by atoms with Crippen molar-refractivity contribution in [1.29, 1.82) is 0 Å². The summed E-state index contributed by atoms with van der Waals surface area (Å²) < 4.78 is 10.7. The number of hydrogen-bond acceptors (Lipinski definition) is 6. The van der Waals surface area contributed by atoms with Gasteiger partial charge in [-0.3, -0.25) is 14.5 Å². The molecule has 138 valence electrons. The number of carboxylic acids is 1. The number of carbonyl (C=O) groups is 3. The van der Waals surface area contributed by atoms with Gasteiger partial charge < -0.3 is 25.0 Å². The maximum atomic E-state index is 12.6. The van der Waals surface area contributed by atoms with Crippen molar-refractivity contribution in [3.8, 4) is 0 Å². The van der Waals surface area contributed by atoms with Gasteiger partial charge in [-0.1, -0.05) is 30.3 Å². The van der Waals surface area contributed by atoms with Gasteiger partial charge in [-0.25, -0.2) is 4.79 Å². The molecule has 1 saturated heterocycles. The number of carboxylic acid groups (broad SMARTS) is 1. The SMILES string of the molecule is CO[C@@]1(NC(=O)Cc2ccccc2)C(=O)N2C(C(=O)O)=C(CO)CO[C@@H]21. The summed E-state index contributed by atoms with van der Waals surface area (Å²) in [5, 5.41) is 21.1. The van der Waals surface area contributed by atoms with E-state index in [1.54, 1.807) is 24.3 Å². The standard InChI is InChI=1S/C17H18N2O7/c1-25-17(18-12(21)7-10-5-3-2-4-6-10)15(24)19-13(14(22)23)11(8-20)9-26-16(17)19/h2-6,16,20H,7-9H2,1H3,(H,18,21)(H,22,23)/t16-,17+/m1/s1. The second kappa shape index (κ2) is 6.87. The van der Waals surface area contributed by atoms with Gasteiger partial charge in [0, 0.05) is 12.7 Å². The van der Waals surface area contributed by atoms with E-state index >= 15 is 0 Å². The van der Waals surface area contributed by atoms with E-state index in [0.717, 1.165) is 10.5 Å². The number of hydrogen-bond donors (Lipinski definition) is 3. The molecule has 0 radical (unpaired) electrons. The van der Waals surface area contributed by atoms with Crippen LogP contribution in [0.1, 0.15) is 5.56 Å². The van der Waals surface area contributed by atoms with E-state index < -0.39 is 36.3 Å². The molecule has 2 heterocycles. The van der Waals surface area contributed by atoms with Crippen LogP contribution < -0.4 is 5.32 Å². The number of carbonyl (C=O) groups excluding carboxylic acids is 2. The summed E-state index contributed by atoms with van der Waals surface area (Å²) in [7, 11) is 1.23. The molecule has 9 nitrogen and oxygen atoms in total. The van der Waals surface area contributed by atoms with Crippen molar-refractivity contribution in [2.24, 2.45) is 0 Å². The van der Waals surface area contributed by atoms with Gasteiger partial charge in [-0.05, 0) is 5.56 Å². The van der Waals surface area contributed by atoms with Crippen molar-refractivity contribution in [3.63, 3.8) is 0 Å². The predicted octanol–water partition coefficient (Wildman–Crippen LogP) is -0.782. The molecule has 1 fully saturated rings. The van der Waals surface area contributed by atoms with Crippen molar-refractivity contribution in [2.75, 3.05) is 20.3 Å². The van der Waals surface area contributed by atoms with Gasteiger partial charge in [0.15, 0.2) is 6.23 Å². The molecule has 0 aliphatic carbocycles. The molecular formula is C17H18N2O7. The number of fused-ring (bicyclic) bond motifs is 1. The van der Waals surface area contributed by atoms with Crippen LogP contribution in [0.15, 0.2) is 41.6 Å². The third kappa shape index (κ3) is 2.75. The number of nitrogens with one attached hydrogen (secondary N) is 1. The van der Waals surface area contributed by atoms with Crippen molar-refractivity contribution >= 4 is 17.8 Å². The number of amides is 2. The molecule has 0 spiro atoms. The second-order valence-corrected chi connectivity index (χ2v) is 5.90. The Morgan fingerprint density at radius 1 is 1.38 bits per heavy atom. The number of ether oxygens (including phenoxy) is 2. The number of nitrogens with zero attached hydrogens (tertiary/aromatic N) is 1. The lowest BCUT2D eigenvalue weighted by atomic mass is 9.94. The minimum absolute atomic E-state index is 0.0233. The topological polar surface area (TPSA) is 125 Å². The van der Waals surface area contributed by atoms with Crippen LogP contribution in [0.2, 0.25) is 0 Å². The fraction of sp³-hybridized carbons (Fsp3) is 0.353. The first-order valence-corrected chi connectivity index (χ1v) is 7.86. The fourth-order valence-corrected chi connectivity index (χ4v) is 3.10. The Labute approximate surface area is 148 Å². The van der Waals surface area contributed by atoms with Gasteiger partial charge in [-0.15, -0.1) is 0 Å². The lowest BCUT2D eigenvalue weighted by Gasteiger charge is -2.55. The molecule has 9 heteroatoms. The average Bonchev–Trinajstić information content (AvgIpc) is 2.65.